The molecule has 0 aliphatic rings. The van der Waals surface area contributed by atoms with Gasteiger partial charge >= 0.3 is 0 Å². The zero-order valence-electron chi connectivity index (χ0n) is 12.8. The van der Waals surface area contributed by atoms with Crippen LogP contribution in [0.15, 0.2) is 42.6 Å². The number of aryl methyl sites for hydroxylation is 1. The first-order valence-electron chi connectivity index (χ1n) is 7.32. The van der Waals surface area contributed by atoms with Gasteiger partial charge in [0.1, 0.15) is 0 Å². The molecule has 3 rings (SSSR count). The number of nitrogens with zero attached hydrogens (tertiary/aromatic N) is 4. The van der Waals surface area contributed by atoms with Gasteiger partial charge in [-0.2, -0.15) is 16.7 Å². The van der Waals surface area contributed by atoms with Gasteiger partial charge in [0, 0.05) is 29.9 Å². The quantitative estimate of drug-likeness (QED) is 0.702. The second-order valence-corrected chi connectivity index (χ2v) is 6.13. The summed E-state index contributed by atoms with van der Waals surface area (Å²) >= 11 is 1.78. The molecule has 0 aliphatic heterocycles. The van der Waals surface area contributed by atoms with Gasteiger partial charge in [-0.1, -0.05) is 30.3 Å². The van der Waals surface area contributed by atoms with Crippen LogP contribution in [0.3, 0.4) is 0 Å². The summed E-state index contributed by atoms with van der Waals surface area (Å²) in [6.07, 6.45) is 1.65. The van der Waals surface area contributed by atoms with Crippen LogP contribution in [0.2, 0.25) is 0 Å². The Bertz CT molecular complexity index is 803. The van der Waals surface area contributed by atoms with Gasteiger partial charge in [-0.15, -0.1) is 5.10 Å². The fraction of sp³-hybridized carbons (Fsp3) is 0.250. The van der Waals surface area contributed by atoms with Crippen molar-refractivity contribution in [2.24, 2.45) is 0 Å². The van der Waals surface area contributed by atoms with E-state index in [1.54, 1.807) is 22.5 Å². The summed E-state index contributed by atoms with van der Waals surface area (Å²) in [6, 6.07) is 12.1. The highest BCUT2D eigenvalue weighted by atomic mass is 32.2. The van der Waals surface area contributed by atoms with Crippen LogP contribution in [0.4, 0.5) is 0 Å². The molecule has 1 aromatic carbocycles. The molecule has 7 heteroatoms. The second-order valence-electron chi connectivity index (χ2n) is 5.03. The van der Waals surface area contributed by atoms with Gasteiger partial charge in [-0.25, -0.2) is 9.50 Å². The molecule has 2 aromatic heterocycles. The fourth-order valence-electron chi connectivity index (χ4n) is 2.08. The van der Waals surface area contributed by atoms with Gasteiger partial charge in [0.25, 0.3) is 11.7 Å². The molecule has 0 bridgehead atoms. The highest BCUT2D eigenvalue weighted by Gasteiger charge is 2.13. The molecule has 1 N–H and O–H groups in total. The number of carbonyl (C=O) groups is 1. The van der Waals surface area contributed by atoms with Crippen molar-refractivity contribution in [3.05, 3.63) is 59.7 Å². The topological polar surface area (TPSA) is 72.2 Å². The number of thioether (sulfide) groups is 1. The first-order valence-corrected chi connectivity index (χ1v) is 8.48. The summed E-state index contributed by atoms with van der Waals surface area (Å²) in [4.78, 5) is 20.3. The number of nitrogens with one attached hydrogen (secondary N) is 1. The van der Waals surface area contributed by atoms with E-state index in [2.05, 4.69) is 32.5 Å². The highest BCUT2D eigenvalue weighted by molar-refractivity contribution is 7.98. The van der Waals surface area contributed by atoms with E-state index in [1.807, 2.05) is 31.2 Å². The molecule has 0 radical (unpaired) electrons. The fourth-order valence-corrected chi connectivity index (χ4v) is 2.90. The molecular formula is C16H17N5OS. The van der Waals surface area contributed by atoms with Gasteiger partial charge in [0.15, 0.2) is 0 Å². The van der Waals surface area contributed by atoms with Crippen LogP contribution in [-0.4, -0.2) is 37.8 Å². The van der Waals surface area contributed by atoms with Crippen molar-refractivity contribution >= 4 is 23.4 Å². The number of hydrogen-bond donors (Lipinski definition) is 1. The van der Waals surface area contributed by atoms with Crippen LogP contribution in [0.1, 0.15) is 21.9 Å². The van der Waals surface area contributed by atoms with Crippen molar-refractivity contribution in [2.75, 3.05) is 12.3 Å². The Balaban J connectivity index is 1.48. The molecule has 0 aliphatic carbocycles. The summed E-state index contributed by atoms with van der Waals surface area (Å²) in [5.41, 5.74) is 2.17. The number of rotatable bonds is 6. The lowest BCUT2D eigenvalue weighted by Gasteiger charge is -2.03. The number of fused-ring (bicyclic) bond motifs is 1. The zero-order valence-corrected chi connectivity index (χ0v) is 13.6. The number of aromatic nitrogens is 4. The largest absolute Gasteiger partial charge is 0.348 e. The summed E-state index contributed by atoms with van der Waals surface area (Å²) < 4.78 is 1.57. The molecule has 2 heterocycles. The molecule has 0 atom stereocenters. The lowest BCUT2D eigenvalue weighted by molar-refractivity contribution is 0.0946. The Morgan fingerprint density at radius 2 is 2.09 bits per heavy atom. The Morgan fingerprint density at radius 3 is 2.87 bits per heavy atom. The van der Waals surface area contributed by atoms with Gasteiger partial charge in [-0.05, 0) is 18.6 Å². The average molecular weight is 327 g/mol. The second kappa shape index (κ2) is 7.23. The van der Waals surface area contributed by atoms with Crippen LogP contribution in [0.5, 0.6) is 0 Å². The van der Waals surface area contributed by atoms with Crippen molar-refractivity contribution in [3.63, 3.8) is 0 Å². The molecule has 0 saturated carbocycles. The van der Waals surface area contributed by atoms with Crippen LogP contribution >= 0.6 is 11.8 Å². The average Bonchev–Trinajstić information content (AvgIpc) is 3.01. The Hall–Kier alpha value is -2.41. The van der Waals surface area contributed by atoms with Crippen molar-refractivity contribution < 1.29 is 4.79 Å². The lowest BCUT2D eigenvalue weighted by Crippen LogP contribution is -2.26. The number of benzene rings is 1. The standard InChI is InChI=1S/C16H17N5OS/c1-12-7-8-18-16-19-14(20-21(12)16)15(22)17-9-10-23-11-13-5-3-2-4-6-13/h2-8H,9-11H2,1H3,(H,17,22). The summed E-state index contributed by atoms with van der Waals surface area (Å²) in [7, 11) is 0. The normalized spacial score (nSPS) is 10.8. The maximum Gasteiger partial charge on any atom is 0.291 e. The number of hydrogen-bond acceptors (Lipinski definition) is 5. The molecule has 118 valence electrons. The molecule has 0 spiro atoms. The minimum absolute atomic E-state index is 0.153. The highest BCUT2D eigenvalue weighted by Crippen LogP contribution is 2.10. The molecule has 23 heavy (non-hydrogen) atoms. The SMILES string of the molecule is Cc1ccnc2nc(C(=O)NCCSCc3ccccc3)nn12. The maximum atomic E-state index is 12.1. The molecule has 1 amide bonds. The van der Waals surface area contributed by atoms with Gasteiger partial charge in [-0.3, -0.25) is 4.79 Å². The third kappa shape index (κ3) is 3.87. The van der Waals surface area contributed by atoms with E-state index in [4.69, 9.17) is 0 Å². The van der Waals surface area contributed by atoms with E-state index in [1.165, 1.54) is 5.56 Å². The molecule has 6 nitrogen and oxygen atoms in total. The molecule has 0 saturated heterocycles. The summed E-state index contributed by atoms with van der Waals surface area (Å²) in [5, 5.41) is 7.02. The maximum absolute atomic E-state index is 12.1. The minimum atomic E-state index is -0.268. The van der Waals surface area contributed by atoms with Crippen molar-refractivity contribution in [2.45, 2.75) is 12.7 Å². The van der Waals surface area contributed by atoms with Gasteiger partial charge in [0.2, 0.25) is 5.82 Å². The number of amides is 1. The predicted octanol–water partition coefficient (Wildman–Crippen LogP) is 2.10. The van der Waals surface area contributed by atoms with Gasteiger partial charge < -0.3 is 5.32 Å². The van der Waals surface area contributed by atoms with E-state index in [0.29, 0.717) is 12.3 Å². The van der Waals surface area contributed by atoms with Crippen molar-refractivity contribution in [3.8, 4) is 0 Å². The molecule has 0 fully saturated rings. The Labute approximate surface area is 138 Å². The first kappa shape index (κ1) is 15.5. The summed E-state index contributed by atoms with van der Waals surface area (Å²) in [6.45, 7) is 2.48. The smallest absolute Gasteiger partial charge is 0.291 e. The van der Waals surface area contributed by atoms with Crippen LogP contribution in [-0.2, 0) is 5.75 Å². The van der Waals surface area contributed by atoms with Crippen molar-refractivity contribution in [1.29, 1.82) is 0 Å². The monoisotopic (exact) mass is 327 g/mol. The third-order valence-electron chi connectivity index (χ3n) is 3.28. The van der Waals surface area contributed by atoms with Crippen LogP contribution < -0.4 is 5.32 Å². The van der Waals surface area contributed by atoms with E-state index < -0.39 is 0 Å². The van der Waals surface area contributed by atoms with Crippen LogP contribution in [0, 0.1) is 6.92 Å². The minimum Gasteiger partial charge on any atom is -0.348 e. The van der Waals surface area contributed by atoms with E-state index in [0.717, 1.165) is 17.2 Å². The predicted molar refractivity (Wildman–Crippen MR) is 90.5 cm³/mol. The molecule has 3 aromatic rings. The van der Waals surface area contributed by atoms with E-state index >= 15 is 0 Å². The number of carbonyl (C=O) groups excluding carboxylic acids is 1. The zero-order chi connectivity index (χ0) is 16.1. The van der Waals surface area contributed by atoms with Gasteiger partial charge in [0.05, 0.1) is 0 Å². The Kier molecular flexibility index (Phi) is 4.87. The van der Waals surface area contributed by atoms with E-state index in [-0.39, 0.29) is 11.7 Å². The van der Waals surface area contributed by atoms with Crippen LogP contribution in [0.25, 0.3) is 5.78 Å². The molecular weight excluding hydrogens is 310 g/mol. The molecule has 0 unspecified atom stereocenters. The third-order valence-corrected chi connectivity index (χ3v) is 4.31. The summed E-state index contributed by atoms with van der Waals surface area (Å²) in [5.74, 6) is 2.10. The lowest BCUT2D eigenvalue weighted by atomic mass is 10.2. The first-order chi connectivity index (χ1) is 11.2. The Morgan fingerprint density at radius 1 is 1.26 bits per heavy atom. The van der Waals surface area contributed by atoms with E-state index in [9.17, 15) is 4.79 Å². The van der Waals surface area contributed by atoms with Crippen molar-refractivity contribution in [1.82, 2.24) is 24.9 Å².